The minimum absolute atomic E-state index is 0. The fourth-order valence-electron chi connectivity index (χ4n) is 2.01. The Morgan fingerprint density at radius 2 is 1.50 bits per heavy atom. The van der Waals surface area contributed by atoms with Gasteiger partial charge < -0.3 is 4.98 Å². The average Bonchev–Trinajstić information content (AvgIpc) is 2.57. The van der Waals surface area contributed by atoms with E-state index in [0.717, 1.165) is 11.0 Å². The summed E-state index contributed by atoms with van der Waals surface area (Å²) in [5.74, 6) is 0. The van der Waals surface area contributed by atoms with Crippen LogP contribution in [0.4, 0.5) is 0 Å². The van der Waals surface area contributed by atoms with Gasteiger partial charge in [0.25, 0.3) is 0 Å². The zero-order chi connectivity index (χ0) is 9.54. The van der Waals surface area contributed by atoms with Crippen molar-refractivity contribution in [2.75, 3.05) is 0 Å². The summed E-state index contributed by atoms with van der Waals surface area (Å²) < 4.78 is 0. The number of hydrogen-bond acceptors (Lipinski definition) is 0. The fourth-order valence-corrected chi connectivity index (χ4v) is 2.01. The molecule has 1 heterocycles. The van der Waals surface area contributed by atoms with E-state index in [9.17, 15) is 0 Å². The largest absolute Gasteiger partial charge is 0.657 e. The Bertz CT molecular complexity index is 613. The Morgan fingerprint density at radius 3 is 2.31 bits per heavy atom. The van der Waals surface area contributed by atoms with Crippen molar-refractivity contribution >= 4 is 21.8 Å². The SMILES string of the molecule is Cc1cccc2[n-]c3ccccc3c12.[Y].[Y]. The van der Waals surface area contributed by atoms with Gasteiger partial charge in [0.2, 0.25) is 0 Å². The van der Waals surface area contributed by atoms with E-state index in [-0.39, 0.29) is 65.4 Å². The second-order valence-electron chi connectivity index (χ2n) is 3.60. The van der Waals surface area contributed by atoms with Gasteiger partial charge in [-0.05, 0) is 23.3 Å². The Kier molecular flexibility index (Phi) is 5.32. The maximum Gasteiger partial charge on any atom is 0 e. The van der Waals surface area contributed by atoms with Crippen LogP contribution < -0.4 is 4.98 Å². The third-order valence-electron chi connectivity index (χ3n) is 2.67. The molecule has 0 unspecified atom stereocenters. The van der Waals surface area contributed by atoms with Crippen LogP contribution in [0, 0.1) is 6.92 Å². The first-order chi connectivity index (χ1) is 6.86. The molecule has 74 valence electrons. The fraction of sp³-hybridized carbons (Fsp3) is 0.0769. The van der Waals surface area contributed by atoms with E-state index in [1.165, 1.54) is 16.3 Å². The molecule has 3 rings (SSSR count). The maximum absolute atomic E-state index is 4.58. The van der Waals surface area contributed by atoms with Crippen LogP contribution in [-0.4, -0.2) is 0 Å². The van der Waals surface area contributed by atoms with Gasteiger partial charge in [-0.2, -0.15) is 0 Å². The molecule has 2 radical (unpaired) electrons. The number of benzene rings is 2. The van der Waals surface area contributed by atoms with E-state index in [2.05, 4.69) is 48.3 Å². The van der Waals surface area contributed by atoms with Crippen molar-refractivity contribution in [3.8, 4) is 0 Å². The van der Waals surface area contributed by atoms with Crippen LogP contribution >= 0.6 is 0 Å². The number of aryl methyl sites for hydroxylation is 1. The summed E-state index contributed by atoms with van der Waals surface area (Å²) in [4.78, 5) is 4.58. The Labute approximate surface area is 145 Å². The first kappa shape index (κ1) is 14.5. The molecule has 0 bridgehead atoms. The number of hydrogen-bond donors (Lipinski definition) is 0. The second-order valence-corrected chi connectivity index (χ2v) is 3.60. The molecular weight excluding hydrogens is 348 g/mol. The van der Waals surface area contributed by atoms with Crippen LogP contribution in [0.5, 0.6) is 0 Å². The molecule has 0 saturated heterocycles. The van der Waals surface area contributed by atoms with Crippen molar-refractivity contribution in [3.63, 3.8) is 0 Å². The molecule has 0 fully saturated rings. The molecule has 3 aromatic rings. The van der Waals surface area contributed by atoms with Crippen molar-refractivity contribution in [2.24, 2.45) is 0 Å². The topological polar surface area (TPSA) is 14.1 Å². The van der Waals surface area contributed by atoms with Crippen LogP contribution in [0.25, 0.3) is 21.8 Å². The number of para-hydroxylation sites is 1. The molecular formula is C13H10NY2-. The molecule has 0 aliphatic rings. The van der Waals surface area contributed by atoms with Crippen LogP contribution in [-0.2, 0) is 65.4 Å². The van der Waals surface area contributed by atoms with Gasteiger partial charge >= 0.3 is 0 Å². The zero-order valence-electron chi connectivity index (χ0n) is 9.14. The van der Waals surface area contributed by atoms with Crippen molar-refractivity contribution in [3.05, 3.63) is 48.0 Å². The van der Waals surface area contributed by atoms with Gasteiger partial charge in [0.15, 0.2) is 0 Å². The molecule has 2 aromatic carbocycles. The Morgan fingerprint density at radius 1 is 0.812 bits per heavy atom. The molecule has 3 heteroatoms. The smallest absolute Gasteiger partial charge is 0 e. The monoisotopic (exact) mass is 358 g/mol. The minimum atomic E-state index is 0. The van der Waals surface area contributed by atoms with Gasteiger partial charge in [0, 0.05) is 65.4 Å². The predicted molar refractivity (Wildman–Crippen MR) is 59.5 cm³/mol. The maximum atomic E-state index is 4.58. The van der Waals surface area contributed by atoms with E-state index in [1.54, 1.807) is 0 Å². The third kappa shape index (κ3) is 2.34. The molecule has 0 atom stereocenters. The van der Waals surface area contributed by atoms with Crippen molar-refractivity contribution in [1.82, 2.24) is 4.98 Å². The normalized spacial score (nSPS) is 9.81. The minimum Gasteiger partial charge on any atom is -0.657 e. The summed E-state index contributed by atoms with van der Waals surface area (Å²) in [6.07, 6.45) is 0. The second kappa shape index (κ2) is 5.86. The average molecular weight is 358 g/mol. The summed E-state index contributed by atoms with van der Waals surface area (Å²) in [6.45, 7) is 2.14. The summed E-state index contributed by atoms with van der Waals surface area (Å²) in [6, 6.07) is 14.6. The van der Waals surface area contributed by atoms with E-state index in [1.807, 2.05) is 6.07 Å². The summed E-state index contributed by atoms with van der Waals surface area (Å²) in [5.41, 5.74) is 3.50. The quantitative estimate of drug-likeness (QED) is 0.602. The molecule has 0 aliphatic carbocycles. The van der Waals surface area contributed by atoms with Gasteiger partial charge in [-0.1, -0.05) is 42.5 Å². The van der Waals surface area contributed by atoms with Crippen molar-refractivity contribution in [1.29, 1.82) is 0 Å². The molecule has 16 heavy (non-hydrogen) atoms. The molecule has 1 nitrogen and oxygen atoms in total. The van der Waals surface area contributed by atoms with Crippen molar-refractivity contribution < 1.29 is 65.4 Å². The molecule has 0 aliphatic heterocycles. The summed E-state index contributed by atoms with van der Waals surface area (Å²) >= 11 is 0. The van der Waals surface area contributed by atoms with Gasteiger partial charge in [0.05, 0.1) is 0 Å². The van der Waals surface area contributed by atoms with E-state index in [4.69, 9.17) is 0 Å². The predicted octanol–water partition coefficient (Wildman–Crippen LogP) is 3.25. The Balaban J connectivity index is 0.000000640. The molecule has 0 N–H and O–H groups in total. The van der Waals surface area contributed by atoms with Crippen LogP contribution in [0.3, 0.4) is 0 Å². The first-order valence-electron chi connectivity index (χ1n) is 4.77. The number of rotatable bonds is 0. The number of nitrogens with zero attached hydrogens (tertiary/aromatic N) is 1. The number of aromatic nitrogens is 1. The number of fused-ring (bicyclic) bond motifs is 3. The molecule has 0 saturated carbocycles. The first-order valence-corrected chi connectivity index (χ1v) is 4.77. The summed E-state index contributed by atoms with van der Waals surface area (Å²) in [5, 5.41) is 2.56. The molecule has 0 amide bonds. The zero-order valence-corrected chi connectivity index (χ0v) is 14.8. The van der Waals surface area contributed by atoms with Gasteiger partial charge in [0.1, 0.15) is 0 Å². The van der Waals surface area contributed by atoms with Crippen LogP contribution in [0.1, 0.15) is 5.56 Å². The van der Waals surface area contributed by atoms with Gasteiger partial charge in [-0.25, -0.2) is 0 Å². The Hall–Kier alpha value is 0.448. The molecule has 0 spiro atoms. The van der Waals surface area contributed by atoms with E-state index >= 15 is 0 Å². The van der Waals surface area contributed by atoms with E-state index in [0.29, 0.717) is 0 Å². The van der Waals surface area contributed by atoms with Crippen LogP contribution in [0.2, 0.25) is 0 Å². The van der Waals surface area contributed by atoms with Gasteiger partial charge in [-0.15, -0.1) is 11.0 Å². The van der Waals surface area contributed by atoms with Crippen LogP contribution in [0.15, 0.2) is 42.5 Å². The standard InChI is InChI=1S/C13H10N.2Y/c1-9-5-4-8-12-13(9)10-6-2-3-7-11(10)14-12;;/h2-8H,1H3;;/q-1;;. The summed E-state index contributed by atoms with van der Waals surface area (Å²) in [7, 11) is 0. The van der Waals surface area contributed by atoms with Gasteiger partial charge in [-0.3, -0.25) is 0 Å². The van der Waals surface area contributed by atoms with Crippen molar-refractivity contribution in [2.45, 2.75) is 6.92 Å². The molecule has 1 aromatic heterocycles. The third-order valence-corrected chi connectivity index (χ3v) is 2.67. The van der Waals surface area contributed by atoms with E-state index < -0.39 is 0 Å².